The SMILES string of the molecule is BC(COP(=O)(O)O)C(C)C. The van der Waals surface area contributed by atoms with Crippen LogP contribution in [0.5, 0.6) is 0 Å². The molecule has 0 rings (SSSR count). The van der Waals surface area contributed by atoms with Gasteiger partial charge in [-0.3, -0.25) is 4.52 Å². The fourth-order valence-electron chi connectivity index (χ4n) is 0.407. The molecule has 0 aromatic carbocycles. The number of phosphoric ester groups is 1. The zero-order valence-electron chi connectivity index (χ0n) is 7.02. The molecule has 0 aliphatic rings. The Morgan fingerprint density at radius 3 is 2.27 bits per heavy atom. The molecule has 0 spiro atoms. The first-order chi connectivity index (χ1) is 4.83. The van der Waals surface area contributed by atoms with E-state index in [9.17, 15) is 4.57 Å². The Labute approximate surface area is 67.6 Å². The molecule has 0 aromatic heterocycles. The first-order valence-corrected chi connectivity index (χ1v) is 5.06. The van der Waals surface area contributed by atoms with E-state index in [0.717, 1.165) is 0 Å². The largest absolute Gasteiger partial charge is 0.469 e. The summed E-state index contributed by atoms with van der Waals surface area (Å²) in [6, 6.07) is 0. The Morgan fingerprint density at radius 2 is 2.00 bits per heavy atom. The van der Waals surface area contributed by atoms with E-state index >= 15 is 0 Å². The van der Waals surface area contributed by atoms with Gasteiger partial charge in [0.1, 0.15) is 7.85 Å². The van der Waals surface area contributed by atoms with Crippen LogP contribution < -0.4 is 0 Å². The van der Waals surface area contributed by atoms with Crippen molar-refractivity contribution in [3.05, 3.63) is 0 Å². The van der Waals surface area contributed by atoms with E-state index in [1.54, 1.807) is 0 Å². The van der Waals surface area contributed by atoms with Crippen LogP contribution in [0.2, 0.25) is 5.82 Å². The molecule has 1 unspecified atom stereocenters. The van der Waals surface area contributed by atoms with Gasteiger partial charge in [0.05, 0.1) is 6.61 Å². The van der Waals surface area contributed by atoms with Crippen molar-refractivity contribution in [3.63, 3.8) is 0 Å². The van der Waals surface area contributed by atoms with E-state index in [-0.39, 0.29) is 12.4 Å². The monoisotopic (exact) mass is 180 g/mol. The van der Waals surface area contributed by atoms with Gasteiger partial charge in [0, 0.05) is 0 Å². The van der Waals surface area contributed by atoms with E-state index in [1.807, 2.05) is 21.7 Å². The molecule has 0 saturated carbocycles. The van der Waals surface area contributed by atoms with Crippen LogP contribution in [0.25, 0.3) is 0 Å². The summed E-state index contributed by atoms with van der Waals surface area (Å²) in [5.74, 6) is 0.546. The summed E-state index contributed by atoms with van der Waals surface area (Å²) < 4.78 is 14.5. The molecule has 0 fully saturated rings. The minimum Gasteiger partial charge on any atom is -0.303 e. The van der Waals surface area contributed by atoms with Crippen molar-refractivity contribution in [2.24, 2.45) is 5.92 Å². The van der Waals surface area contributed by atoms with E-state index < -0.39 is 7.82 Å². The second-order valence-electron chi connectivity index (χ2n) is 3.01. The van der Waals surface area contributed by atoms with E-state index in [4.69, 9.17) is 9.79 Å². The maximum absolute atomic E-state index is 10.2. The van der Waals surface area contributed by atoms with E-state index in [2.05, 4.69) is 4.52 Å². The van der Waals surface area contributed by atoms with Crippen molar-refractivity contribution in [2.75, 3.05) is 6.61 Å². The molecular formula is C5H14BO4P. The van der Waals surface area contributed by atoms with Crippen molar-refractivity contribution in [1.29, 1.82) is 0 Å². The van der Waals surface area contributed by atoms with Crippen LogP contribution in [0, 0.1) is 5.92 Å². The zero-order chi connectivity index (χ0) is 9.07. The molecule has 0 heterocycles. The average molecular weight is 180 g/mol. The molecule has 0 aliphatic carbocycles. The summed E-state index contributed by atoms with van der Waals surface area (Å²) in [5.41, 5.74) is 0. The summed E-state index contributed by atoms with van der Waals surface area (Å²) in [6.45, 7) is 4.07. The Bertz CT molecular complexity index is 155. The highest BCUT2D eigenvalue weighted by Crippen LogP contribution is 2.37. The quantitative estimate of drug-likeness (QED) is 0.478. The van der Waals surface area contributed by atoms with Gasteiger partial charge in [0.15, 0.2) is 0 Å². The normalized spacial score (nSPS) is 15.4. The smallest absolute Gasteiger partial charge is 0.303 e. The number of rotatable bonds is 4. The van der Waals surface area contributed by atoms with Crippen LogP contribution >= 0.6 is 7.82 Å². The first kappa shape index (κ1) is 11.2. The topological polar surface area (TPSA) is 66.8 Å². The third-order valence-corrected chi connectivity index (χ3v) is 2.13. The van der Waals surface area contributed by atoms with Crippen molar-refractivity contribution in [2.45, 2.75) is 19.7 Å². The van der Waals surface area contributed by atoms with E-state index in [1.165, 1.54) is 0 Å². The second-order valence-corrected chi connectivity index (χ2v) is 4.25. The average Bonchev–Trinajstić information content (AvgIpc) is 1.80. The van der Waals surface area contributed by atoms with Crippen molar-refractivity contribution >= 4 is 15.7 Å². The molecule has 66 valence electrons. The van der Waals surface area contributed by atoms with Crippen LogP contribution in [0.15, 0.2) is 0 Å². The maximum atomic E-state index is 10.2. The third-order valence-electron chi connectivity index (χ3n) is 1.64. The summed E-state index contributed by atoms with van der Waals surface area (Å²) >= 11 is 0. The van der Waals surface area contributed by atoms with Gasteiger partial charge >= 0.3 is 7.82 Å². The van der Waals surface area contributed by atoms with Crippen LogP contribution in [-0.4, -0.2) is 24.2 Å². The fraction of sp³-hybridized carbons (Fsp3) is 1.00. The van der Waals surface area contributed by atoms with E-state index in [0.29, 0.717) is 5.92 Å². The minimum absolute atomic E-state index is 0.113. The van der Waals surface area contributed by atoms with Crippen molar-refractivity contribution in [1.82, 2.24) is 0 Å². The molecule has 0 bridgehead atoms. The lowest BCUT2D eigenvalue weighted by molar-refractivity contribution is 0.188. The van der Waals surface area contributed by atoms with Gasteiger partial charge < -0.3 is 9.79 Å². The molecule has 6 heteroatoms. The second kappa shape index (κ2) is 4.26. The standard InChI is InChI=1S/C5H14BO4P/c1-4(2)5(6)3-10-11(7,8)9/h4-5H,3,6H2,1-2H3,(H2,7,8,9). The molecule has 0 radical (unpaired) electrons. The van der Waals surface area contributed by atoms with Gasteiger partial charge in [0.2, 0.25) is 0 Å². The predicted octanol–water partition coefficient (Wildman–Crippen LogP) is 0.173. The minimum atomic E-state index is -4.26. The highest BCUT2D eigenvalue weighted by molar-refractivity contribution is 7.46. The van der Waals surface area contributed by atoms with Crippen LogP contribution in [0.3, 0.4) is 0 Å². The lowest BCUT2D eigenvalue weighted by Crippen LogP contribution is -2.08. The highest BCUT2D eigenvalue weighted by atomic mass is 31.2. The molecule has 11 heavy (non-hydrogen) atoms. The van der Waals surface area contributed by atoms with Crippen molar-refractivity contribution in [3.8, 4) is 0 Å². The molecule has 0 saturated heterocycles. The van der Waals surface area contributed by atoms with Gasteiger partial charge in [-0.05, 0) is 11.7 Å². The molecule has 4 nitrogen and oxygen atoms in total. The summed E-state index contributed by atoms with van der Waals surface area (Å²) in [5, 5.41) is 0. The van der Waals surface area contributed by atoms with Crippen molar-refractivity contribution < 1.29 is 18.9 Å². The van der Waals surface area contributed by atoms with Gasteiger partial charge in [0.25, 0.3) is 0 Å². The van der Waals surface area contributed by atoms with Crippen LogP contribution in [0.1, 0.15) is 13.8 Å². The number of hydrogen-bond donors (Lipinski definition) is 2. The molecular weight excluding hydrogens is 166 g/mol. The number of phosphoric acid groups is 1. The summed E-state index contributed by atoms with van der Waals surface area (Å²) in [4.78, 5) is 16.7. The Hall–Kier alpha value is 0.175. The maximum Gasteiger partial charge on any atom is 0.469 e. The summed E-state index contributed by atoms with van der Waals surface area (Å²) in [7, 11) is -2.37. The third kappa shape index (κ3) is 6.57. The Balaban J connectivity index is 3.63. The van der Waals surface area contributed by atoms with Gasteiger partial charge in [-0.1, -0.05) is 13.8 Å². The Morgan fingerprint density at radius 1 is 1.55 bits per heavy atom. The molecule has 0 aliphatic heterocycles. The zero-order valence-corrected chi connectivity index (χ0v) is 7.91. The predicted molar refractivity (Wildman–Crippen MR) is 45.1 cm³/mol. The lowest BCUT2D eigenvalue weighted by Gasteiger charge is -2.15. The van der Waals surface area contributed by atoms with Gasteiger partial charge in [-0.25, -0.2) is 4.57 Å². The molecule has 1 atom stereocenters. The lowest BCUT2D eigenvalue weighted by atomic mass is 9.79. The highest BCUT2D eigenvalue weighted by Gasteiger charge is 2.16. The Kier molecular flexibility index (Phi) is 4.33. The molecule has 0 amide bonds. The van der Waals surface area contributed by atoms with Gasteiger partial charge in [-0.15, -0.1) is 0 Å². The molecule has 2 N–H and O–H groups in total. The number of hydrogen-bond acceptors (Lipinski definition) is 2. The summed E-state index contributed by atoms with van der Waals surface area (Å²) in [6.07, 6.45) is 0. The fourth-order valence-corrected chi connectivity index (χ4v) is 0.836. The first-order valence-electron chi connectivity index (χ1n) is 3.53. The van der Waals surface area contributed by atoms with Gasteiger partial charge in [-0.2, -0.15) is 0 Å². The molecule has 0 aromatic rings. The van der Waals surface area contributed by atoms with Crippen LogP contribution in [-0.2, 0) is 9.09 Å². The van der Waals surface area contributed by atoms with Crippen LogP contribution in [0.4, 0.5) is 0 Å².